The highest BCUT2D eigenvalue weighted by molar-refractivity contribution is 5.89. The van der Waals surface area contributed by atoms with Gasteiger partial charge in [0.15, 0.2) is 0 Å². The van der Waals surface area contributed by atoms with Crippen LogP contribution in [-0.4, -0.2) is 53.3 Å². The zero-order chi connectivity index (χ0) is 17.3. The van der Waals surface area contributed by atoms with Gasteiger partial charge in [0.1, 0.15) is 6.04 Å². The quantitative estimate of drug-likeness (QED) is 0.916. The van der Waals surface area contributed by atoms with E-state index in [0.29, 0.717) is 19.6 Å². The lowest BCUT2D eigenvalue weighted by molar-refractivity contribution is -0.144. The van der Waals surface area contributed by atoms with E-state index >= 15 is 0 Å². The second kappa shape index (κ2) is 6.93. The van der Waals surface area contributed by atoms with Gasteiger partial charge < -0.3 is 15.5 Å². The predicted octanol–water partition coefficient (Wildman–Crippen LogP) is 1.59. The molecule has 0 spiro atoms. The molecule has 3 atom stereocenters. The maximum Gasteiger partial charge on any atom is 0.245 e. The standard InChI is InChI=1S/C19H27N3O2/c1-13(2)18(23)22-10-6-9-17(22)19(24)21-11-15(16(20)12-21)14-7-4-3-5-8-14/h3-5,7-8,13,15-17H,6,9-12,20H2,1-2H3/t15-,16+,17?/m0/s1. The van der Waals surface area contributed by atoms with Gasteiger partial charge in [0, 0.05) is 37.5 Å². The van der Waals surface area contributed by atoms with Gasteiger partial charge in [-0.3, -0.25) is 9.59 Å². The summed E-state index contributed by atoms with van der Waals surface area (Å²) in [5.41, 5.74) is 7.49. The van der Waals surface area contributed by atoms with Crippen molar-refractivity contribution in [3.63, 3.8) is 0 Å². The van der Waals surface area contributed by atoms with E-state index in [1.54, 1.807) is 4.90 Å². The van der Waals surface area contributed by atoms with Crippen molar-refractivity contribution >= 4 is 11.8 Å². The predicted molar refractivity (Wildman–Crippen MR) is 93.3 cm³/mol. The zero-order valence-electron chi connectivity index (χ0n) is 14.5. The minimum atomic E-state index is -0.304. The molecule has 2 aliphatic heterocycles. The lowest BCUT2D eigenvalue weighted by Crippen LogP contribution is -2.48. The number of carbonyl (C=O) groups is 2. The Bertz CT molecular complexity index is 602. The van der Waals surface area contributed by atoms with Crippen molar-refractivity contribution in [1.29, 1.82) is 0 Å². The lowest BCUT2D eigenvalue weighted by atomic mass is 9.95. The van der Waals surface area contributed by atoms with Crippen molar-refractivity contribution in [2.75, 3.05) is 19.6 Å². The fourth-order valence-electron chi connectivity index (χ4n) is 3.89. The van der Waals surface area contributed by atoms with E-state index in [2.05, 4.69) is 12.1 Å². The Morgan fingerprint density at radius 3 is 2.54 bits per heavy atom. The first-order valence-electron chi connectivity index (χ1n) is 8.89. The Morgan fingerprint density at radius 1 is 1.17 bits per heavy atom. The van der Waals surface area contributed by atoms with E-state index in [-0.39, 0.29) is 35.7 Å². The molecule has 130 valence electrons. The monoisotopic (exact) mass is 329 g/mol. The highest BCUT2D eigenvalue weighted by atomic mass is 16.2. The average Bonchev–Trinajstić information content (AvgIpc) is 3.21. The molecule has 2 N–H and O–H groups in total. The summed E-state index contributed by atoms with van der Waals surface area (Å²) in [5.74, 6) is 0.242. The minimum absolute atomic E-state index is 0.0491. The molecule has 0 bridgehead atoms. The van der Waals surface area contributed by atoms with Gasteiger partial charge >= 0.3 is 0 Å². The van der Waals surface area contributed by atoms with Crippen LogP contribution < -0.4 is 5.73 Å². The molecule has 2 fully saturated rings. The van der Waals surface area contributed by atoms with Crippen molar-refractivity contribution in [2.24, 2.45) is 11.7 Å². The number of hydrogen-bond donors (Lipinski definition) is 1. The van der Waals surface area contributed by atoms with E-state index in [1.807, 2.05) is 36.9 Å². The van der Waals surface area contributed by atoms with Crippen molar-refractivity contribution in [3.8, 4) is 0 Å². The Kier molecular flexibility index (Phi) is 4.90. The molecule has 1 unspecified atom stereocenters. The van der Waals surface area contributed by atoms with Crippen molar-refractivity contribution in [3.05, 3.63) is 35.9 Å². The van der Waals surface area contributed by atoms with Crippen LogP contribution in [0.4, 0.5) is 0 Å². The third-order valence-electron chi connectivity index (χ3n) is 5.22. The first-order chi connectivity index (χ1) is 11.5. The highest BCUT2D eigenvalue weighted by Gasteiger charge is 2.41. The largest absolute Gasteiger partial charge is 0.339 e. The third kappa shape index (κ3) is 3.18. The summed E-state index contributed by atoms with van der Waals surface area (Å²) in [6.07, 6.45) is 1.66. The van der Waals surface area contributed by atoms with Crippen molar-refractivity contribution in [2.45, 2.75) is 44.7 Å². The Labute approximate surface area is 143 Å². The molecule has 3 rings (SSSR count). The second-order valence-corrected chi connectivity index (χ2v) is 7.27. The number of nitrogens with zero attached hydrogens (tertiary/aromatic N) is 2. The number of hydrogen-bond acceptors (Lipinski definition) is 3. The first kappa shape index (κ1) is 17.0. The summed E-state index contributed by atoms with van der Waals surface area (Å²) in [6, 6.07) is 9.79. The van der Waals surface area contributed by atoms with E-state index in [1.165, 1.54) is 5.56 Å². The molecular weight excluding hydrogens is 302 g/mol. The molecule has 24 heavy (non-hydrogen) atoms. The van der Waals surface area contributed by atoms with E-state index in [4.69, 9.17) is 5.73 Å². The van der Waals surface area contributed by atoms with Gasteiger partial charge in [-0.1, -0.05) is 44.2 Å². The minimum Gasteiger partial charge on any atom is -0.339 e. The van der Waals surface area contributed by atoms with Gasteiger partial charge in [0.25, 0.3) is 0 Å². The number of benzene rings is 1. The smallest absolute Gasteiger partial charge is 0.245 e. The Hall–Kier alpha value is -1.88. The SMILES string of the molecule is CC(C)C(=O)N1CCCC1C(=O)N1C[C@@H](N)[C@H](c2ccccc2)C1. The maximum atomic E-state index is 13.0. The molecule has 2 saturated heterocycles. The molecule has 1 aromatic carbocycles. The Morgan fingerprint density at radius 2 is 1.88 bits per heavy atom. The van der Waals surface area contributed by atoms with Gasteiger partial charge in [0.05, 0.1) is 0 Å². The molecular formula is C19H27N3O2. The molecule has 0 radical (unpaired) electrons. The fraction of sp³-hybridized carbons (Fsp3) is 0.579. The number of nitrogens with two attached hydrogens (primary N) is 1. The lowest BCUT2D eigenvalue weighted by Gasteiger charge is -2.29. The maximum absolute atomic E-state index is 13.0. The van der Waals surface area contributed by atoms with E-state index < -0.39 is 0 Å². The molecule has 0 saturated carbocycles. The zero-order valence-corrected chi connectivity index (χ0v) is 14.5. The highest BCUT2D eigenvalue weighted by Crippen LogP contribution is 2.29. The number of rotatable bonds is 3. The van der Waals surface area contributed by atoms with Crippen LogP contribution in [0.2, 0.25) is 0 Å². The fourth-order valence-corrected chi connectivity index (χ4v) is 3.89. The van der Waals surface area contributed by atoms with E-state index in [9.17, 15) is 9.59 Å². The van der Waals surface area contributed by atoms with E-state index in [0.717, 1.165) is 12.8 Å². The van der Waals surface area contributed by atoms with Crippen LogP contribution in [0.1, 0.15) is 38.2 Å². The normalized spacial score (nSPS) is 27.1. The average molecular weight is 329 g/mol. The number of amides is 2. The summed E-state index contributed by atoms with van der Waals surface area (Å²) >= 11 is 0. The molecule has 1 aromatic rings. The molecule has 5 heteroatoms. The summed E-state index contributed by atoms with van der Waals surface area (Å²) in [6.45, 7) is 5.68. The molecule has 0 aliphatic carbocycles. The van der Waals surface area contributed by atoms with Crippen LogP contribution in [0.25, 0.3) is 0 Å². The van der Waals surface area contributed by atoms with Gasteiger partial charge in [-0.25, -0.2) is 0 Å². The van der Waals surface area contributed by atoms with Crippen LogP contribution in [0.3, 0.4) is 0 Å². The van der Waals surface area contributed by atoms with Gasteiger partial charge in [-0.15, -0.1) is 0 Å². The molecule has 2 aliphatic rings. The Balaban J connectivity index is 1.71. The first-order valence-corrected chi connectivity index (χ1v) is 8.89. The number of likely N-dealkylation sites (tertiary alicyclic amines) is 2. The van der Waals surface area contributed by atoms with Crippen LogP contribution in [0.15, 0.2) is 30.3 Å². The van der Waals surface area contributed by atoms with Gasteiger partial charge in [-0.2, -0.15) is 0 Å². The summed E-state index contributed by atoms with van der Waals surface area (Å²) in [7, 11) is 0. The van der Waals surface area contributed by atoms with Gasteiger partial charge in [-0.05, 0) is 18.4 Å². The summed E-state index contributed by atoms with van der Waals surface area (Å²) in [4.78, 5) is 29.0. The molecule has 2 amide bonds. The molecule has 0 aromatic heterocycles. The van der Waals surface area contributed by atoms with Crippen LogP contribution in [0.5, 0.6) is 0 Å². The van der Waals surface area contributed by atoms with Crippen molar-refractivity contribution in [1.82, 2.24) is 9.80 Å². The summed E-state index contributed by atoms with van der Waals surface area (Å²) < 4.78 is 0. The summed E-state index contributed by atoms with van der Waals surface area (Å²) in [5, 5.41) is 0. The molecule has 5 nitrogen and oxygen atoms in total. The topological polar surface area (TPSA) is 66.6 Å². The van der Waals surface area contributed by atoms with Crippen LogP contribution in [0, 0.1) is 5.92 Å². The second-order valence-electron chi connectivity index (χ2n) is 7.27. The number of carbonyl (C=O) groups excluding carboxylic acids is 2. The van der Waals surface area contributed by atoms with Crippen molar-refractivity contribution < 1.29 is 9.59 Å². The molecule has 2 heterocycles. The third-order valence-corrected chi connectivity index (χ3v) is 5.22. The van der Waals surface area contributed by atoms with Crippen LogP contribution in [-0.2, 0) is 9.59 Å². The van der Waals surface area contributed by atoms with Crippen LogP contribution >= 0.6 is 0 Å². The van der Waals surface area contributed by atoms with Gasteiger partial charge in [0.2, 0.25) is 11.8 Å².